The van der Waals surface area contributed by atoms with Gasteiger partial charge in [-0.1, -0.05) is 12.2 Å². The highest BCUT2D eigenvalue weighted by Crippen LogP contribution is 2.24. The van der Waals surface area contributed by atoms with Gasteiger partial charge in [0.2, 0.25) is 0 Å². The average molecular weight is 245 g/mol. The quantitative estimate of drug-likeness (QED) is 0.562. The number of nitrogen functional groups attached to an aromatic ring is 1. The molecule has 4 heteroatoms. The summed E-state index contributed by atoms with van der Waals surface area (Å²) in [4.78, 5) is 11.8. The first-order chi connectivity index (χ1) is 8.70. The van der Waals surface area contributed by atoms with Crippen LogP contribution in [0.25, 0.3) is 0 Å². The third-order valence-corrected chi connectivity index (χ3v) is 3.02. The van der Waals surface area contributed by atoms with E-state index in [9.17, 15) is 4.79 Å². The molecular weight excluding hydrogens is 226 g/mol. The molecule has 0 fully saturated rings. The second kappa shape index (κ2) is 5.58. The van der Waals surface area contributed by atoms with E-state index in [0.29, 0.717) is 23.8 Å². The van der Waals surface area contributed by atoms with Crippen LogP contribution in [0.15, 0.2) is 30.4 Å². The summed E-state index contributed by atoms with van der Waals surface area (Å²) in [6.07, 6.45) is 6.32. The predicted octanol–water partition coefficient (Wildman–Crippen LogP) is 2.15. The molecule has 0 radical (unpaired) electrons. The van der Waals surface area contributed by atoms with E-state index < -0.39 is 0 Å². The third-order valence-electron chi connectivity index (χ3n) is 3.02. The first-order valence-electron chi connectivity index (χ1n) is 6.30. The Balaban J connectivity index is 2.13. The third kappa shape index (κ3) is 2.83. The van der Waals surface area contributed by atoms with Crippen LogP contribution in [-0.2, 0) is 0 Å². The van der Waals surface area contributed by atoms with Crippen molar-refractivity contribution in [3.8, 4) is 0 Å². The Bertz CT molecular complexity index is 460. The topological polar surface area (TPSA) is 67.2 Å². The second-order valence-electron chi connectivity index (χ2n) is 4.45. The molecule has 1 aliphatic rings. The zero-order valence-electron chi connectivity index (χ0n) is 10.6. The van der Waals surface area contributed by atoms with Crippen LogP contribution in [0, 0.1) is 0 Å². The molecule has 4 nitrogen and oxygen atoms in total. The minimum atomic E-state index is -0.0647. The molecule has 0 saturated carbocycles. The SMILES string of the molecule is CCNC(=O)c1ccc(N)c(NC2CC=CC2)c1. The van der Waals surface area contributed by atoms with E-state index in [2.05, 4.69) is 22.8 Å². The van der Waals surface area contributed by atoms with Gasteiger partial charge in [0, 0.05) is 18.2 Å². The Kier molecular flexibility index (Phi) is 3.87. The number of benzene rings is 1. The van der Waals surface area contributed by atoms with Crippen molar-refractivity contribution in [2.24, 2.45) is 0 Å². The number of nitrogens with two attached hydrogens (primary N) is 1. The van der Waals surface area contributed by atoms with Crippen LogP contribution in [0.5, 0.6) is 0 Å². The summed E-state index contributed by atoms with van der Waals surface area (Å²) in [5.41, 5.74) is 8.08. The molecule has 1 aliphatic carbocycles. The number of carbonyl (C=O) groups is 1. The van der Waals surface area contributed by atoms with Crippen molar-refractivity contribution < 1.29 is 4.79 Å². The summed E-state index contributed by atoms with van der Waals surface area (Å²) in [7, 11) is 0. The fourth-order valence-electron chi connectivity index (χ4n) is 2.04. The molecule has 0 bridgehead atoms. The van der Waals surface area contributed by atoms with Crippen LogP contribution in [0.2, 0.25) is 0 Å². The molecule has 0 atom stereocenters. The predicted molar refractivity (Wildman–Crippen MR) is 74.6 cm³/mol. The van der Waals surface area contributed by atoms with Gasteiger partial charge in [0.1, 0.15) is 0 Å². The standard InChI is InChI=1S/C14H19N3O/c1-2-16-14(18)10-7-8-12(15)13(9-10)17-11-5-3-4-6-11/h3-4,7-9,11,17H,2,5-6,15H2,1H3,(H,16,18). The van der Waals surface area contributed by atoms with E-state index in [1.807, 2.05) is 13.0 Å². The lowest BCUT2D eigenvalue weighted by molar-refractivity contribution is 0.0956. The molecule has 4 N–H and O–H groups in total. The van der Waals surface area contributed by atoms with Gasteiger partial charge < -0.3 is 16.4 Å². The molecule has 1 aromatic rings. The Morgan fingerprint density at radius 3 is 2.78 bits per heavy atom. The van der Waals surface area contributed by atoms with Crippen molar-refractivity contribution >= 4 is 17.3 Å². The first-order valence-corrected chi connectivity index (χ1v) is 6.30. The van der Waals surface area contributed by atoms with Crippen molar-refractivity contribution in [3.05, 3.63) is 35.9 Å². The molecule has 0 heterocycles. The van der Waals surface area contributed by atoms with E-state index in [0.717, 1.165) is 18.5 Å². The van der Waals surface area contributed by atoms with Gasteiger partial charge in [-0.2, -0.15) is 0 Å². The van der Waals surface area contributed by atoms with Gasteiger partial charge in [-0.25, -0.2) is 0 Å². The number of amides is 1. The lowest BCUT2D eigenvalue weighted by atomic mass is 10.1. The van der Waals surface area contributed by atoms with Crippen LogP contribution in [0.4, 0.5) is 11.4 Å². The van der Waals surface area contributed by atoms with Crippen LogP contribution >= 0.6 is 0 Å². The normalized spacial score (nSPS) is 14.7. The van der Waals surface area contributed by atoms with Gasteiger partial charge in [0.05, 0.1) is 11.4 Å². The van der Waals surface area contributed by atoms with Crippen LogP contribution < -0.4 is 16.4 Å². The van der Waals surface area contributed by atoms with Crippen LogP contribution in [0.1, 0.15) is 30.1 Å². The maximum atomic E-state index is 11.8. The zero-order chi connectivity index (χ0) is 13.0. The van der Waals surface area contributed by atoms with Gasteiger partial charge >= 0.3 is 0 Å². The first kappa shape index (κ1) is 12.5. The lowest BCUT2D eigenvalue weighted by Crippen LogP contribution is -2.23. The Labute approximate surface area is 107 Å². The largest absolute Gasteiger partial charge is 0.397 e. The van der Waals surface area contributed by atoms with Gasteiger partial charge in [-0.3, -0.25) is 4.79 Å². The highest BCUT2D eigenvalue weighted by molar-refractivity contribution is 5.96. The highest BCUT2D eigenvalue weighted by atomic mass is 16.1. The van der Waals surface area contributed by atoms with E-state index in [-0.39, 0.29) is 5.91 Å². The molecule has 2 rings (SSSR count). The van der Waals surface area contributed by atoms with E-state index in [1.54, 1.807) is 12.1 Å². The molecule has 0 aliphatic heterocycles. The monoisotopic (exact) mass is 245 g/mol. The maximum absolute atomic E-state index is 11.8. The molecule has 18 heavy (non-hydrogen) atoms. The fourth-order valence-corrected chi connectivity index (χ4v) is 2.04. The highest BCUT2D eigenvalue weighted by Gasteiger charge is 2.13. The Morgan fingerprint density at radius 1 is 1.39 bits per heavy atom. The second-order valence-corrected chi connectivity index (χ2v) is 4.45. The lowest BCUT2D eigenvalue weighted by Gasteiger charge is -2.16. The van der Waals surface area contributed by atoms with E-state index in [1.165, 1.54) is 0 Å². The molecule has 0 saturated heterocycles. The van der Waals surface area contributed by atoms with E-state index in [4.69, 9.17) is 5.73 Å². The summed E-state index contributed by atoms with van der Waals surface area (Å²) < 4.78 is 0. The number of hydrogen-bond acceptors (Lipinski definition) is 3. The summed E-state index contributed by atoms with van der Waals surface area (Å²) in [5.74, 6) is -0.0647. The number of hydrogen-bond donors (Lipinski definition) is 3. The minimum Gasteiger partial charge on any atom is -0.397 e. The molecular formula is C14H19N3O. The summed E-state index contributed by atoms with van der Waals surface area (Å²) in [5, 5.41) is 6.16. The van der Waals surface area contributed by atoms with Gasteiger partial charge in [-0.05, 0) is 38.0 Å². The van der Waals surface area contributed by atoms with Crippen molar-refractivity contribution in [1.82, 2.24) is 5.32 Å². The molecule has 1 amide bonds. The van der Waals surface area contributed by atoms with Crippen molar-refractivity contribution in [2.75, 3.05) is 17.6 Å². The molecule has 0 aromatic heterocycles. The van der Waals surface area contributed by atoms with Gasteiger partial charge in [0.15, 0.2) is 0 Å². The Hall–Kier alpha value is -1.97. The smallest absolute Gasteiger partial charge is 0.251 e. The van der Waals surface area contributed by atoms with E-state index >= 15 is 0 Å². The molecule has 0 spiro atoms. The van der Waals surface area contributed by atoms with Gasteiger partial charge in [-0.15, -0.1) is 0 Å². The fraction of sp³-hybridized carbons (Fsp3) is 0.357. The summed E-state index contributed by atoms with van der Waals surface area (Å²) in [6.45, 7) is 2.52. The number of carbonyl (C=O) groups excluding carboxylic acids is 1. The van der Waals surface area contributed by atoms with Crippen LogP contribution in [-0.4, -0.2) is 18.5 Å². The summed E-state index contributed by atoms with van der Waals surface area (Å²) >= 11 is 0. The van der Waals surface area contributed by atoms with Crippen molar-refractivity contribution in [3.63, 3.8) is 0 Å². The molecule has 0 unspecified atom stereocenters. The van der Waals surface area contributed by atoms with Crippen LogP contribution in [0.3, 0.4) is 0 Å². The summed E-state index contributed by atoms with van der Waals surface area (Å²) in [6, 6.07) is 5.73. The number of anilines is 2. The number of rotatable bonds is 4. The Morgan fingerprint density at radius 2 is 2.11 bits per heavy atom. The number of nitrogens with one attached hydrogen (secondary N) is 2. The molecule has 1 aromatic carbocycles. The molecule has 96 valence electrons. The maximum Gasteiger partial charge on any atom is 0.251 e. The van der Waals surface area contributed by atoms with Crippen molar-refractivity contribution in [1.29, 1.82) is 0 Å². The zero-order valence-corrected chi connectivity index (χ0v) is 10.6. The van der Waals surface area contributed by atoms with Gasteiger partial charge in [0.25, 0.3) is 5.91 Å². The average Bonchev–Trinajstić information content (AvgIpc) is 2.85. The van der Waals surface area contributed by atoms with Crippen molar-refractivity contribution in [2.45, 2.75) is 25.8 Å². The minimum absolute atomic E-state index is 0.0647.